The number of fused-ring (bicyclic) bond motifs is 2. The average Bonchev–Trinajstić information content (AvgIpc) is 2.67. The van der Waals surface area contributed by atoms with Crippen LogP contribution in [0, 0.1) is 22.7 Å². The zero-order valence-electron chi connectivity index (χ0n) is 12.2. The van der Waals surface area contributed by atoms with E-state index in [0.717, 1.165) is 18.8 Å². The molecule has 0 aliphatic heterocycles. The summed E-state index contributed by atoms with van der Waals surface area (Å²) in [5.74, 6) is 0.880. The number of esters is 1. The average molecular weight is 250 g/mol. The molecule has 0 aromatic carbocycles. The molecule has 0 saturated heterocycles. The van der Waals surface area contributed by atoms with Gasteiger partial charge in [0.15, 0.2) is 0 Å². The van der Waals surface area contributed by atoms with E-state index in [-0.39, 0.29) is 11.4 Å². The van der Waals surface area contributed by atoms with Crippen LogP contribution in [0.25, 0.3) is 0 Å². The van der Waals surface area contributed by atoms with E-state index in [0.29, 0.717) is 23.5 Å². The quantitative estimate of drug-likeness (QED) is 0.557. The highest BCUT2D eigenvalue weighted by Crippen LogP contribution is 2.69. The lowest BCUT2D eigenvalue weighted by Crippen LogP contribution is -2.34. The van der Waals surface area contributed by atoms with Crippen molar-refractivity contribution in [2.75, 3.05) is 6.61 Å². The monoisotopic (exact) mass is 250 g/mol. The number of hydrogen-bond acceptors (Lipinski definition) is 2. The SMILES string of the molecule is C=C(C(=O)OCCC)C1C[C@H]2CC[C@@]1(C)C2(C)C. The van der Waals surface area contributed by atoms with Crippen LogP contribution in [0.4, 0.5) is 0 Å². The van der Waals surface area contributed by atoms with Crippen LogP contribution in [0.3, 0.4) is 0 Å². The molecule has 0 aromatic heterocycles. The zero-order valence-corrected chi connectivity index (χ0v) is 12.2. The molecule has 0 aromatic rings. The Kier molecular flexibility index (Phi) is 3.33. The van der Waals surface area contributed by atoms with Crippen LogP contribution in [0.5, 0.6) is 0 Å². The van der Waals surface area contributed by atoms with Gasteiger partial charge in [0, 0.05) is 5.57 Å². The maximum absolute atomic E-state index is 12.0. The van der Waals surface area contributed by atoms with Gasteiger partial charge >= 0.3 is 5.97 Å². The van der Waals surface area contributed by atoms with Gasteiger partial charge in [-0.2, -0.15) is 0 Å². The number of rotatable bonds is 4. The predicted octanol–water partition coefficient (Wildman–Crippen LogP) is 3.96. The molecule has 0 radical (unpaired) electrons. The molecule has 1 unspecified atom stereocenters. The van der Waals surface area contributed by atoms with Crippen molar-refractivity contribution in [2.45, 2.75) is 53.4 Å². The van der Waals surface area contributed by atoms with Crippen LogP contribution >= 0.6 is 0 Å². The Labute approximate surface area is 111 Å². The molecule has 0 heterocycles. The Balaban J connectivity index is 2.12. The van der Waals surface area contributed by atoms with Crippen molar-refractivity contribution in [3.8, 4) is 0 Å². The van der Waals surface area contributed by atoms with Gasteiger partial charge in [0.1, 0.15) is 0 Å². The highest BCUT2D eigenvalue weighted by molar-refractivity contribution is 5.88. The van der Waals surface area contributed by atoms with Gasteiger partial charge in [0.05, 0.1) is 6.61 Å². The second-order valence-electron chi connectivity index (χ2n) is 6.82. The Hall–Kier alpha value is -0.790. The van der Waals surface area contributed by atoms with Gasteiger partial charge in [-0.15, -0.1) is 0 Å². The maximum Gasteiger partial charge on any atom is 0.333 e. The van der Waals surface area contributed by atoms with E-state index < -0.39 is 0 Å². The molecule has 0 amide bonds. The largest absolute Gasteiger partial charge is 0.462 e. The zero-order chi connectivity index (χ0) is 13.6. The fraction of sp³-hybridized carbons (Fsp3) is 0.812. The summed E-state index contributed by atoms with van der Waals surface area (Å²) in [6.45, 7) is 13.6. The molecular weight excluding hydrogens is 224 g/mol. The molecule has 102 valence electrons. The van der Waals surface area contributed by atoms with Gasteiger partial charge in [-0.3, -0.25) is 0 Å². The van der Waals surface area contributed by atoms with E-state index in [1.807, 2.05) is 6.92 Å². The first-order chi connectivity index (χ1) is 8.34. The number of carbonyl (C=O) groups is 1. The lowest BCUT2D eigenvalue weighted by atomic mass is 9.65. The highest BCUT2D eigenvalue weighted by atomic mass is 16.5. The summed E-state index contributed by atoms with van der Waals surface area (Å²) in [6.07, 6.45) is 4.51. The molecule has 3 atom stereocenters. The minimum atomic E-state index is -0.175. The Bertz CT molecular complexity index is 369. The van der Waals surface area contributed by atoms with Crippen LogP contribution in [-0.4, -0.2) is 12.6 Å². The van der Waals surface area contributed by atoms with Crippen LogP contribution < -0.4 is 0 Å². The van der Waals surface area contributed by atoms with Crippen LogP contribution in [0.15, 0.2) is 12.2 Å². The molecule has 2 nitrogen and oxygen atoms in total. The van der Waals surface area contributed by atoms with Crippen LogP contribution in [0.1, 0.15) is 53.4 Å². The van der Waals surface area contributed by atoms with Gasteiger partial charge in [-0.1, -0.05) is 34.3 Å². The van der Waals surface area contributed by atoms with E-state index in [1.54, 1.807) is 0 Å². The molecule has 2 saturated carbocycles. The summed E-state index contributed by atoms with van der Waals surface area (Å²) >= 11 is 0. The third-order valence-corrected chi connectivity index (χ3v) is 5.91. The number of ether oxygens (including phenoxy) is 1. The first-order valence-electron chi connectivity index (χ1n) is 7.20. The fourth-order valence-corrected chi connectivity index (χ4v) is 4.16. The van der Waals surface area contributed by atoms with E-state index in [2.05, 4.69) is 27.4 Å². The van der Waals surface area contributed by atoms with E-state index >= 15 is 0 Å². The minimum absolute atomic E-state index is 0.175. The molecule has 0 spiro atoms. The minimum Gasteiger partial charge on any atom is -0.462 e. The molecule has 18 heavy (non-hydrogen) atoms. The summed E-state index contributed by atoms with van der Waals surface area (Å²) in [4.78, 5) is 12.0. The van der Waals surface area contributed by atoms with Crippen molar-refractivity contribution in [1.29, 1.82) is 0 Å². The smallest absolute Gasteiger partial charge is 0.333 e. The van der Waals surface area contributed by atoms with E-state index in [4.69, 9.17) is 4.74 Å². The third kappa shape index (κ3) is 1.72. The van der Waals surface area contributed by atoms with Crippen molar-refractivity contribution in [3.05, 3.63) is 12.2 Å². The predicted molar refractivity (Wildman–Crippen MR) is 73.1 cm³/mol. The van der Waals surface area contributed by atoms with E-state index in [9.17, 15) is 4.79 Å². The second kappa shape index (κ2) is 4.40. The molecule has 2 fully saturated rings. The lowest BCUT2D eigenvalue weighted by molar-refractivity contribution is -0.140. The first kappa shape index (κ1) is 13.6. The van der Waals surface area contributed by atoms with Crippen molar-refractivity contribution in [2.24, 2.45) is 22.7 Å². The first-order valence-corrected chi connectivity index (χ1v) is 7.20. The summed E-state index contributed by atoms with van der Waals surface area (Å²) in [6, 6.07) is 0. The lowest BCUT2D eigenvalue weighted by Gasteiger charge is -2.39. The molecule has 2 aliphatic carbocycles. The van der Waals surface area contributed by atoms with E-state index in [1.165, 1.54) is 12.8 Å². The van der Waals surface area contributed by atoms with Crippen molar-refractivity contribution in [3.63, 3.8) is 0 Å². The van der Waals surface area contributed by atoms with Gasteiger partial charge in [-0.05, 0) is 48.3 Å². The topological polar surface area (TPSA) is 26.3 Å². The second-order valence-corrected chi connectivity index (χ2v) is 6.82. The maximum atomic E-state index is 12.0. The third-order valence-electron chi connectivity index (χ3n) is 5.91. The molecule has 2 bridgehead atoms. The number of carbonyl (C=O) groups excluding carboxylic acids is 1. The van der Waals surface area contributed by atoms with Crippen molar-refractivity contribution >= 4 is 5.97 Å². The Morgan fingerprint density at radius 3 is 2.50 bits per heavy atom. The molecule has 2 rings (SSSR count). The van der Waals surface area contributed by atoms with Crippen molar-refractivity contribution < 1.29 is 9.53 Å². The highest BCUT2D eigenvalue weighted by Gasteiger charge is 2.62. The Morgan fingerprint density at radius 2 is 2.06 bits per heavy atom. The van der Waals surface area contributed by atoms with Gasteiger partial charge in [0.2, 0.25) is 0 Å². The summed E-state index contributed by atoms with van der Waals surface area (Å²) in [7, 11) is 0. The summed E-state index contributed by atoms with van der Waals surface area (Å²) in [5, 5.41) is 0. The normalized spacial score (nSPS) is 36.7. The van der Waals surface area contributed by atoms with Crippen LogP contribution in [-0.2, 0) is 9.53 Å². The summed E-state index contributed by atoms with van der Waals surface area (Å²) < 4.78 is 5.25. The number of hydrogen-bond donors (Lipinski definition) is 0. The molecule has 0 N–H and O–H groups in total. The standard InChI is InChI=1S/C16H26O2/c1-6-9-18-14(17)11(2)13-10-12-7-8-16(13,5)15(12,3)4/h12-13H,2,6-10H2,1,3-5H3/t12-,13?,16-/m1/s1. The summed E-state index contributed by atoms with van der Waals surface area (Å²) in [5.41, 5.74) is 1.26. The molecule has 2 heteroatoms. The van der Waals surface area contributed by atoms with Gasteiger partial charge < -0.3 is 4.74 Å². The fourth-order valence-electron chi connectivity index (χ4n) is 4.16. The Morgan fingerprint density at radius 1 is 1.39 bits per heavy atom. The van der Waals surface area contributed by atoms with Gasteiger partial charge in [0.25, 0.3) is 0 Å². The van der Waals surface area contributed by atoms with Gasteiger partial charge in [-0.25, -0.2) is 4.79 Å². The molecule has 2 aliphatic rings. The van der Waals surface area contributed by atoms with Crippen LogP contribution in [0.2, 0.25) is 0 Å². The molecular formula is C16H26O2. The van der Waals surface area contributed by atoms with Crippen molar-refractivity contribution in [1.82, 2.24) is 0 Å².